The van der Waals surface area contributed by atoms with Gasteiger partial charge in [-0.3, -0.25) is 19.2 Å². The second-order valence-electron chi connectivity index (χ2n) is 27.6. The molecule has 6 aromatic rings. The van der Waals surface area contributed by atoms with Crippen LogP contribution in [0.2, 0.25) is 0 Å². The van der Waals surface area contributed by atoms with Gasteiger partial charge < -0.3 is 33.8 Å². The van der Waals surface area contributed by atoms with Gasteiger partial charge in [0.05, 0.1) is 70.9 Å². The van der Waals surface area contributed by atoms with Crippen molar-refractivity contribution in [1.29, 1.82) is 0 Å². The molecular formula is C72H91N8O8+3. The smallest absolute Gasteiger partial charge is 0.311 e. The highest BCUT2D eigenvalue weighted by Gasteiger charge is 2.30. The van der Waals surface area contributed by atoms with E-state index >= 15 is 0 Å². The van der Waals surface area contributed by atoms with E-state index in [4.69, 9.17) is 28.9 Å². The maximum atomic E-state index is 12.7. The summed E-state index contributed by atoms with van der Waals surface area (Å²) in [6.45, 7) is 28.1. The zero-order valence-electron chi connectivity index (χ0n) is 53.9. The fourth-order valence-electron chi connectivity index (χ4n) is 11.0. The van der Waals surface area contributed by atoms with E-state index in [2.05, 4.69) is 126 Å². The van der Waals surface area contributed by atoms with Crippen LogP contribution in [0.5, 0.6) is 0 Å². The zero-order chi connectivity index (χ0) is 63.0. The minimum Gasteiger partial charge on any atom is -0.465 e. The van der Waals surface area contributed by atoms with Crippen molar-refractivity contribution in [2.75, 3.05) is 46.1 Å². The van der Waals surface area contributed by atoms with Crippen molar-refractivity contribution >= 4 is 70.2 Å². The number of esters is 4. The summed E-state index contributed by atoms with van der Waals surface area (Å²) < 4.78 is 29.2. The van der Waals surface area contributed by atoms with E-state index in [9.17, 15) is 19.2 Å². The number of likely N-dealkylation sites (tertiary alicyclic amines) is 1. The lowest BCUT2D eigenvalue weighted by molar-refractivity contribution is -0.697. The lowest BCUT2D eigenvalue weighted by atomic mass is 9.89. The summed E-state index contributed by atoms with van der Waals surface area (Å²) in [5, 5.41) is 0. The van der Waals surface area contributed by atoms with Gasteiger partial charge in [0.25, 0.3) is 0 Å². The Labute approximate surface area is 519 Å². The molecule has 1 saturated heterocycles. The predicted molar refractivity (Wildman–Crippen MR) is 344 cm³/mol. The molecule has 0 spiro atoms. The fourth-order valence-corrected chi connectivity index (χ4v) is 11.0. The molecule has 0 aromatic carbocycles. The lowest BCUT2D eigenvalue weighted by Gasteiger charge is -2.33. The van der Waals surface area contributed by atoms with E-state index in [-0.39, 0.29) is 29.8 Å². The molecule has 1 fully saturated rings. The fraction of sp³-hybridized carbons (Fsp3) is 0.458. The topological polar surface area (TPSA) is 177 Å². The zero-order valence-corrected chi connectivity index (χ0v) is 53.9. The van der Waals surface area contributed by atoms with Gasteiger partial charge >= 0.3 is 23.9 Å². The minimum atomic E-state index is -0.587. The van der Waals surface area contributed by atoms with Gasteiger partial charge in [-0.05, 0) is 176 Å². The molecule has 16 nitrogen and oxygen atoms in total. The molecule has 9 rings (SSSR count). The van der Waals surface area contributed by atoms with Gasteiger partial charge in [0.15, 0.2) is 56.8 Å². The number of H-pyrrole nitrogens is 2. The number of hydrogen-bond acceptors (Lipinski definition) is 11. The molecule has 2 N–H and O–H groups in total. The molecular weight excluding hydrogens is 1100 g/mol. The van der Waals surface area contributed by atoms with Crippen molar-refractivity contribution in [3.8, 4) is 33.4 Å². The van der Waals surface area contributed by atoms with Crippen LogP contribution in [0.3, 0.4) is 0 Å². The Morgan fingerprint density at radius 2 is 0.818 bits per heavy atom. The number of hydrogen-bond donors (Lipinski definition) is 2. The third-order valence-corrected chi connectivity index (χ3v) is 15.8. The number of pyridine rings is 3. The first kappa shape index (κ1) is 64.4. The second kappa shape index (κ2) is 27.5. The monoisotopic (exact) mass is 1200 g/mol. The highest BCUT2D eigenvalue weighted by atomic mass is 16.5. The van der Waals surface area contributed by atoms with E-state index in [0.29, 0.717) is 65.3 Å². The molecule has 6 aromatic heterocycles. The largest absolute Gasteiger partial charge is 0.465 e. The molecule has 3 aliphatic heterocycles. The van der Waals surface area contributed by atoms with E-state index in [1.54, 1.807) is 0 Å². The molecule has 16 heteroatoms. The number of piperidine rings is 1. The van der Waals surface area contributed by atoms with Crippen molar-refractivity contribution in [3.63, 3.8) is 0 Å². The number of aromatic amines is 2. The van der Waals surface area contributed by atoms with Crippen molar-refractivity contribution in [2.24, 2.45) is 21.7 Å². The van der Waals surface area contributed by atoms with Gasteiger partial charge in [-0.2, -0.15) is 0 Å². The van der Waals surface area contributed by atoms with Crippen LogP contribution in [0, 0.1) is 21.7 Å². The predicted octanol–water partition coefficient (Wildman–Crippen LogP) is 12.6. The minimum absolute atomic E-state index is 0.105. The summed E-state index contributed by atoms with van der Waals surface area (Å²) in [5.74, 6) is -0.751. The van der Waals surface area contributed by atoms with E-state index in [1.807, 2.05) is 108 Å². The first-order chi connectivity index (χ1) is 41.8. The van der Waals surface area contributed by atoms with Crippen molar-refractivity contribution < 1.29 is 51.8 Å². The number of carbonyl (C=O) groups excluding carboxylic acids is 4. The number of rotatable bonds is 20. The SMILES string of the molecule is CC(C)(C)C(=O)OCCCN1CCCC(c2c3nc(c(-c4ccc[n+](CCCOC(=O)C(C)(C)C)c4)c4ccc([nH]4)c(-c4ccc[n+](CCCOC(=O)C(C)(C)C)c4)c4nc(c(-c5ccc[n+](CCCOC(=O)C(C)(C)C)c5)c5ccc2[nH]5)C=C4)C=C3)C1. The molecule has 8 bridgehead atoms. The highest BCUT2D eigenvalue weighted by molar-refractivity contribution is 5.97. The lowest BCUT2D eigenvalue weighted by Crippen LogP contribution is -2.36. The van der Waals surface area contributed by atoms with Gasteiger partial charge in [0.1, 0.15) is 0 Å². The van der Waals surface area contributed by atoms with Gasteiger partial charge in [-0.1, -0.05) is 0 Å². The van der Waals surface area contributed by atoms with Gasteiger partial charge in [0.2, 0.25) is 0 Å². The standard InChI is InChI=1S/C72H91N8O8/c1-69(2,3)65(81)85-41-17-37-77-33-13-21-49(45-77)61-53-25-27-55(73-53)62(50-22-14-34-78(46-50)38-18-42-86-66(82)70(4,5)6)57-29-31-59(75-57)64(52-24-16-36-80(48-52)40-20-44-88-68(84)72(10,11)12)60-32-30-58(76-60)63(56-28-26-54(61)74-56)51-23-15-35-79(47-51)39-19-43-87-67(83)71(7,8)9/h13-15,21-23,25-35,45-47,52,73,76H,16-20,24,36-44,48H2,1-12H3/q+3. The maximum absolute atomic E-state index is 12.7. The summed E-state index contributed by atoms with van der Waals surface area (Å²) in [6, 6.07) is 21.1. The Morgan fingerprint density at radius 1 is 0.477 bits per heavy atom. The number of ether oxygens (including phenoxy) is 4. The number of fused-ring (bicyclic) bond motifs is 8. The Kier molecular flexibility index (Phi) is 20.1. The maximum Gasteiger partial charge on any atom is 0.311 e. The second-order valence-corrected chi connectivity index (χ2v) is 27.6. The van der Waals surface area contributed by atoms with Crippen LogP contribution in [0.25, 0.3) is 79.8 Å². The Hall–Kier alpha value is -8.11. The van der Waals surface area contributed by atoms with Gasteiger partial charge in [0, 0.05) is 117 Å². The number of nitrogens with one attached hydrogen (secondary N) is 2. The molecule has 88 heavy (non-hydrogen) atoms. The Balaban J connectivity index is 1.22. The van der Waals surface area contributed by atoms with Crippen molar-refractivity contribution in [3.05, 3.63) is 126 Å². The van der Waals surface area contributed by atoms with E-state index < -0.39 is 21.7 Å². The normalized spacial score (nSPS) is 14.7. The van der Waals surface area contributed by atoms with E-state index in [1.165, 1.54) is 0 Å². The number of nitrogens with zero attached hydrogens (tertiary/aromatic N) is 6. The molecule has 1 unspecified atom stereocenters. The third kappa shape index (κ3) is 16.3. The van der Waals surface area contributed by atoms with Crippen LogP contribution in [0.4, 0.5) is 0 Å². The third-order valence-electron chi connectivity index (χ3n) is 15.8. The van der Waals surface area contributed by atoms with Crippen LogP contribution in [-0.2, 0) is 57.8 Å². The average Bonchev–Trinajstić information content (AvgIpc) is 3.53. The van der Waals surface area contributed by atoms with Crippen LogP contribution >= 0.6 is 0 Å². The first-order valence-corrected chi connectivity index (χ1v) is 31.4. The molecule has 0 radical (unpaired) electrons. The van der Waals surface area contributed by atoms with Crippen LogP contribution in [0.1, 0.15) is 156 Å². The number of aromatic nitrogens is 7. The molecule has 0 saturated carbocycles. The number of carbonyl (C=O) groups is 4. The van der Waals surface area contributed by atoms with Crippen LogP contribution in [0.15, 0.2) is 97.8 Å². The summed E-state index contributed by atoms with van der Waals surface area (Å²) in [4.78, 5) is 72.4. The molecule has 3 aliphatic rings. The Morgan fingerprint density at radius 3 is 1.20 bits per heavy atom. The molecule has 0 amide bonds. The van der Waals surface area contributed by atoms with Crippen molar-refractivity contribution in [1.82, 2.24) is 24.8 Å². The molecule has 464 valence electrons. The van der Waals surface area contributed by atoms with Crippen LogP contribution < -0.4 is 13.7 Å². The highest BCUT2D eigenvalue weighted by Crippen LogP contribution is 2.39. The first-order valence-electron chi connectivity index (χ1n) is 31.4. The molecule has 9 heterocycles. The summed E-state index contributed by atoms with van der Waals surface area (Å²) in [5.41, 5.74) is 11.2. The van der Waals surface area contributed by atoms with E-state index in [0.717, 1.165) is 123 Å². The summed E-state index contributed by atoms with van der Waals surface area (Å²) in [6.07, 6.45) is 25.7. The molecule has 1 atom stereocenters. The Bertz CT molecular complexity index is 3690. The van der Waals surface area contributed by atoms with Gasteiger partial charge in [-0.15, -0.1) is 0 Å². The average molecular weight is 1200 g/mol. The number of aryl methyl sites for hydroxylation is 3. The van der Waals surface area contributed by atoms with Crippen LogP contribution in [-0.4, -0.2) is 94.8 Å². The summed E-state index contributed by atoms with van der Waals surface area (Å²) in [7, 11) is 0. The quantitative estimate of drug-likeness (QED) is 0.0321. The van der Waals surface area contributed by atoms with Crippen molar-refractivity contribution in [2.45, 2.75) is 147 Å². The summed E-state index contributed by atoms with van der Waals surface area (Å²) >= 11 is 0. The molecule has 0 aliphatic carbocycles. The van der Waals surface area contributed by atoms with Gasteiger partial charge in [-0.25, -0.2) is 23.7 Å².